The molecule has 0 radical (unpaired) electrons. The van der Waals surface area contributed by atoms with E-state index in [1.165, 1.54) is 0 Å². The number of ether oxygens (including phenoxy) is 1. The molecule has 5 heteroatoms. The van der Waals surface area contributed by atoms with Crippen LogP contribution in [0.2, 0.25) is 0 Å². The Morgan fingerprint density at radius 1 is 1.00 bits per heavy atom. The van der Waals surface area contributed by atoms with Crippen LogP contribution in [0.4, 0.5) is 0 Å². The van der Waals surface area contributed by atoms with Crippen LogP contribution < -0.4 is 9.46 Å². The SMILES string of the molecule is O=S([O-])NC1c2ccccc2Oc2ccccc21. The Morgan fingerprint density at radius 2 is 1.50 bits per heavy atom. The van der Waals surface area contributed by atoms with E-state index in [1.807, 2.05) is 48.5 Å². The molecular weight excluding hydrogens is 250 g/mol. The van der Waals surface area contributed by atoms with Crippen LogP contribution in [0, 0.1) is 0 Å². The summed E-state index contributed by atoms with van der Waals surface area (Å²) in [7, 11) is 0. The molecule has 0 bridgehead atoms. The third-order valence-corrected chi connectivity index (χ3v) is 3.32. The molecule has 1 aliphatic rings. The summed E-state index contributed by atoms with van der Waals surface area (Å²) in [5.41, 5.74) is 1.64. The first-order valence-electron chi connectivity index (χ1n) is 5.47. The molecule has 3 rings (SSSR count). The summed E-state index contributed by atoms with van der Waals surface area (Å²) in [5.74, 6) is 1.36. The average Bonchev–Trinajstić information content (AvgIpc) is 2.38. The van der Waals surface area contributed by atoms with Gasteiger partial charge < -0.3 is 9.29 Å². The second-order valence-corrected chi connectivity index (χ2v) is 4.67. The van der Waals surface area contributed by atoms with Gasteiger partial charge in [0.15, 0.2) is 0 Å². The van der Waals surface area contributed by atoms with Crippen molar-refractivity contribution in [3.05, 3.63) is 59.7 Å². The highest BCUT2D eigenvalue weighted by molar-refractivity contribution is 7.77. The Labute approximate surface area is 107 Å². The van der Waals surface area contributed by atoms with E-state index < -0.39 is 17.3 Å². The molecule has 0 saturated carbocycles. The van der Waals surface area contributed by atoms with Gasteiger partial charge in [0, 0.05) is 22.4 Å². The van der Waals surface area contributed by atoms with Crippen LogP contribution in [-0.2, 0) is 11.3 Å². The van der Waals surface area contributed by atoms with Crippen molar-refractivity contribution in [3.63, 3.8) is 0 Å². The molecule has 0 spiro atoms. The fourth-order valence-corrected chi connectivity index (χ4v) is 2.58. The molecular formula is C13H10NO3S-. The molecule has 0 amide bonds. The van der Waals surface area contributed by atoms with Gasteiger partial charge in [-0.3, -0.25) is 4.21 Å². The fourth-order valence-electron chi connectivity index (χ4n) is 2.13. The lowest BCUT2D eigenvalue weighted by Gasteiger charge is -2.29. The van der Waals surface area contributed by atoms with Gasteiger partial charge in [-0.25, -0.2) is 4.72 Å². The van der Waals surface area contributed by atoms with Crippen LogP contribution in [0.25, 0.3) is 0 Å². The Morgan fingerprint density at radius 3 is 2.00 bits per heavy atom. The lowest BCUT2D eigenvalue weighted by molar-refractivity contribution is 0.437. The van der Waals surface area contributed by atoms with Crippen molar-refractivity contribution in [3.8, 4) is 11.5 Å². The van der Waals surface area contributed by atoms with E-state index in [1.54, 1.807) is 0 Å². The summed E-state index contributed by atoms with van der Waals surface area (Å²) in [6.45, 7) is 0. The molecule has 1 unspecified atom stereocenters. The van der Waals surface area contributed by atoms with Crippen LogP contribution in [0.1, 0.15) is 17.2 Å². The minimum Gasteiger partial charge on any atom is -0.760 e. The van der Waals surface area contributed by atoms with Crippen molar-refractivity contribution in [2.45, 2.75) is 6.04 Å². The number of fused-ring (bicyclic) bond motifs is 2. The number of rotatable bonds is 2. The molecule has 2 aromatic rings. The quantitative estimate of drug-likeness (QED) is 0.842. The predicted molar refractivity (Wildman–Crippen MR) is 66.9 cm³/mol. The summed E-state index contributed by atoms with van der Waals surface area (Å²) >= 11 is -2.33. The van der Waals surface area contributed by atoms with Gasteiger partial charge in [0.05, 0.1) is 6.04 Å². The smallest absolute Gasteiger partial charge is 0.132 e. The van der Waals surface area contributed by atoms with E-state index in [0.717, 1.165) is 11.1 Å². The molecule has 1 atom stereocenters. The van der Waals surface area contributed by atoms with Crippen LogP contribution in [-0.4, -0.2) is 8.76 Å². The largest absolute Gasteiger partial charge is 0.760 e. The van der Waals surface area contributed by atoms with Gasteiger partial charge in [0.25, 0.3) is 0 Å². The van der Waals surface area contributed by atoms with E-state index in [4.69, 9.17) is 4.74 Å². The summed E-state index contributed by atoms with van der Waals surface area (Å²) in [4.78, 5) is 0. The van der Waals surface area contributed by atoms with Crippen LogP contribution in [0.15, 0.2) is 48.5 Å². The highest BCUT2D eigenvalue weighted by Crippen LogP contribution is 2.42. The van der Waals surface area contributed by atoms with E-state index in [0.29, 0.717) is 11.5 Å². The van der Waals surface area contributed by atoms with Gasteiger partial charge in [-0.1, -0.05) is 36.4 Å². The highest BCUT2D eigenvalue weighted by Gasteiger charge is 2.26. The van der Waals surface area contributed by atoms with E-state index in [9.17, 15) is 8.76 Å². The lowest BCUT2D eigenvalue weighted by atomic mass is 9.95. The second kappa shape index (κ2) is 4.53. The van der Waals surface area contributed by atoms with Gasteiger partial charge in [-0.15, -0.1) is 0 Å². The third-order valence-electron chi connectivity index (χ3n) is 2.89. The normalized spacial score (nSPS) is 15.4. The molecule has 18 heavy (non-hydrogen) atoms. The van der Waals surface area contributed by atoms with Crippen LogP contribution in [0.3, 0.4) is 0 Å². The van der Waals surface area contributed by atoms with Crippen molar-refractivity contribution in [1.82, 2.24) is 4.72 Å². The van der Waals surface area contributed by atoms with Crippen LogP contribution >= 0.6 is 0 Å². The number of benzene rings is 2. The number of hydrogen-bond acceptors (Lipinski definition) is 3. The summed E-state index contributed by atoms with van der Waals surface area (Å²) in [6, 6.07) is 14.4. The summed E-state index contributed by atoms with van der Waals surface area (Å²) < 4.78 is 30.1. The van der Waals surface area contributed by atoms with Gasteiger partial charge in [-0.2, -0.15) is 0 Å². The maximum atomic E-state index is 10.9. The predicted octanol–water partition coefficient (Wildman–Crippen LogP) is 2.27. The highest BCUT2D eigenvalue weighted by atomic mass is 32.2. The molecule has 0 saturated heterocycles. The average molecular weight is 260 g/mol. The Balaban J connectivity index is 2.14. The zero-order valence-corrected chi connectivity index (χ0v) is 10.1. The van der Waals surface area contributed by atoms with Gasteiger partial charge in [0.2, 0.25) is 0 Å². The first-order valence-corrected chi connectivity index (χ1v) is 6.54. The molecule has 1 aliphatic heterocycles. The molecule has 1 heterocycles. The fraction of sp³-hybridized carbons (Fsp3) is 0.0769. The molecule has 92 valence electrons. The lowest BCUT2D eigenvalue weighted by Crippen LogP contribution is -2.26. The second-order valence-electron chi connectivity index (χ2n) is 3.96. The zero-order chi connectivity index (χ0) is 12.5. The molecule has 0 aliphatic carbocycles. The van der Waals surface area contributed by atoms with Gasteiger partial charge in [0.1, 0.15) is 11.5 Å². The monoisotopic (exact) mass is 260 g/mol. The number of nitrogens with one attached hydrogen (secondary N) is 1. The van der Waals surface area contributed by atoms with Gasteiger partial charge in [-0.05, 0) is 12.1 Å². The molecule has 0 fully saturated rings. The van der Waals surface area contributed by atoms with Crippen LogP contribution in [0.5, 0.6) is 11.5 Å². The number of hydrogen-bond donors (Lipinski definition) is 1. The van der Waals surface area contributed by atoms with Crippen molar-refractivity contribution < 1.29 is 13.5 Å². The Kier molecular flexibility index (Phi) is 2.87. The van der Waals surface area contributed by atoms with Gasteiger partial charge >= 0.3 is 0 Å². The molecule has 1 N–H and O–H groups in total. The van der Waals surface area contributed by atoms with Crippen molar-refractivity contribution >= 4 is 11.3 Å². The third kappa shape index (κ3) is 1.92. The van der Waals surface area contributed by atoms with E-state index in [2.05, 4.69) is 4.72 Å². The maximum Gasteiger partial charge on any atom is 0.132 e. The van der Waals surface area contributed by atoms with Crippen molar-refractivity contribution in [2.75, 3.05) is 0 Å². The molecule has 2 aromatic carbocycles. The summed E-state index contributed by atoms with van der Waals surface area (Å²) in [5, 5.41) is 0. The first kappa shape index (κ1) is 11.4. The van der Waals surface area contributed by atoms with E-state index in [-0.39, 0.29) is 0 Å². The topological polar surface area (TPSA) is 61.4 Å². The first-order chi connectivity index (χ1) is 8.75. The Hall–Kier alpha value is -1.69. The van der Waals surface area contributed by atoms with E-state index >= 15 is 0 Å². The maximum absolute atomic E-state index is 10.9. The Bertz CT molecular complexity index is 569. The molecule has 4 nitrogen and oxygen atoms in total. The zero-order valence-electron chi connectivity index (χ0n) is 9.33. The molecule has 0 aromatic heterocycles. The number of para-hydroxylation sites is 2. The minimum atomic E-state index is -2.33. The van der Waals surface area contributed by atoms with Crippen molar-refractivity contribution in [2.24, 2.45) is 0 Å². The van der Waals surface area contributed by atoms with Crippen molar-refractivity contribution in [1.29, 1.82) is 0 Å². The minimum absolute atomic E-state index is 0.399. The summed E-state index contributed by atoms with van der Waals surface area (Å²) in [6.07, 6.45) is 0. The standard InChI is InChI=1S/C13H11NO3S/c15-18(16)14-13-9-5-1-3-7-11(9)17-12-8-4-2-6-10(12)13/h1-8,13-14H,(H,15,16)/p-1.